The minimum absolute atomic E-state index is 0.134. The highest BCUT2D eigenvalue weighted by molar-refractivity contribution is 9.09. The number of nitrogens with zero attached hydrogens (tertiary/aromatic N) is 1. The van der Waals surface area contributed by atoms with E-state index >= 15 is 0 Å². The quantitative estimate of drug-likeness (QED) is 0.512. The molecular formula is C10H10BrNO. The Kier molecular flexibility index (Phi) is 2.12. The average molecular weight is 240 g/mol. The van der Waals surface area contributed by atoms with Gasteiger partial charge in [0.25, 0.3) is 0 Å². The Morgan fingerprint density at radius 1 is 1.46 bits per heavy atom. The van der Waals surface area contributed by atoms with Crippen LogP contribution in [0.4, 0.5) is 5.69 Å². The second-order valence-corrected chi connectivity index (χ2v) is 4.25. The topological polar surface area (TPSA) is 20.3 Å². The van der Waals surface area contributed by atoms with Gasteiger partial charge in [-0.1, -0.05) is 28.1 Å². The molecule has 0 radical (unpaired) electrons. The monoisotopic (exact) mass is 239 g/mol. The highest BCUT2D eigenvalue weighted by Crippen LogP contribution is 2.31. The van der Waals surface area contributed by atoms with Crippen LogP contribution in [0.25, 0.3) is 0 Å². The number of rotatable bonds is 0. The first-order valence-corrected chi connectivity index (χ1v) is 5.11. The van der Waals surface area contributed by atoms with Gasteiger partial charge in [0.1, 0.15) is 0 Å². The number of Topliss-reactive ketones (excluding diaryl/α,β-unsaturated/α-hetero) is 1. The molecule has 0 saturated carbocycles. The molecule has 1 unspecified atom stereocenters. The van der Waals surface area contributed by atoms with Crippen molar-refractivity contribution in [2.75, 3.05) is 11.9 Å². The van der Waals surface area contributed by atoms with E-state index in [0.717, 1.165) is 11.3 Å². The molecule has 0 amide bonds. The summed E-state index contributed by atoms with van der Waals surface area (Å²) in [6.07, 6.45) is 0.549. The van der Waals surface area contributed by atoms with Crippen LogP contribution in [0.2, 0.25) is 0 Å². The van der Waals surface area contributed by atoms with E-state index in [9.17, 15) is 4.79 Å². The predicted molar refractivity (Wildman–Crippen MR) is 56.5 cm³/mol. The van der Waals surface area contributed by atoms with E-state index < -0.39 is 0 Å². The molecule has 1 aliphatic rings. The number of hydrogen-bond donors (Lipinski definition) is 0. The first-order chi connectivity index (χ1) is 6.20. The molecule has 1 aromatic carbocycles. The molecule has 0 N–H and O–H groups in total. The summed E-state index contributed by atoms with van der Waals surface area (Å²) in [5.74, 6) is 0.218. The van der Waals surface area contributed by atoms with E-state index in [4.69, 9.17) is 0 Å². The van der Waals surface area contributed by atoms with Gasteiger partial charge in [-0.2, -0.15) is 0 Å². The van der Waals surface area contributed by atoms with E-state index in [1.807, 2.05) is 31.3 Å². The van der Waals surface area contributed by atoms with Crippen LogP contribution in [-0.4, -0.2) is 17.8 Å². The average Bonchev–Trinajstić information content (AvgIpc) is 2.15. The smallest absolute Gasteiger partial charge is 0.167 e. The van der Waals surface area contributed by atoms with Crippen molar-refractivity contribution >= 4 is 27.4 Å². The van der Waals surface area contributed by atoms with Gasteiger partial charge in [0.2, 0.25) is 0 Å². The van der Waals surface area contributed by atoms with Gasteiger partial charge >= 0.3 is 0 Å². The molecule has 0 aliphatic carbocycles. The van der Waals surface area contributed by atoms with Crippen LogP contribution in [0.1, 0.15) is 16.8 Å². The van der Waals surface area contributed by atoms with E-state index in [-0.39, 0.29) is 10.7 Å². The third-order valence-corrected chi connectivity index (χ3v) is 3.30. The first kappa shape index (κ1) is 8.75. The Labute approximate surface area is 85.7 Å². The minimum atomic E-state index is 0.134. The van der Waals surface area contributed by atoms with E-state index in [0.29, 0.717) is 6.42 Å². The second-order valence-electron chi connectivity index (χ2n) is 3.19. The van der Waals surface area contributed by atoms with Gasteiger partial charge in [-0.25, -0.2) is 0 Å². The number of halogens is 1. The molecule has 13 heavy (non-hydrogen) atoms. The molecule has 1 heterocycles. The summed E-state index contributed by atoms with van der Waals surface area (Å²) < 4.78 is 0. The Balaban J connectivity index is 2.53. The summed E-state index contributed by atoms with van der Waals surface area (Å²) in [5.41, 5.74) is 1.85. The number of alkyl halides is 1. The fraction of sp³-hybridized carbons (Fsp3) is 0.300. The van der Waals surface area contributed by atoms with Crippen molar-refractivity contribution in [1.82, 2.24) is 0 Å². The third-order valence-electron chi connectivity index (χ3n) is 2.36. The zero-order valence-corrected chi connectivity index (χ0v) is 8.91. The number of carbonyl (C=O) groups excluding carboxylic acids is 1. The summed E-state index contributed by atoms with van der Waals surface area (Å²) in [6.45, 7) is 0. The number of carbonyl (C=O) groups is 1. The molecule has 2 rings (SSSR count). The van der Waals surface area contributed by atoms with Crippen molar-refractivity contribution < 1.29 is 4.79 Å². The Hall–Kier alpha value is -0.830. The van der Waals surface area contributed by atoms with Gasteiger partial charge < -0.3 is 4.90 Å². The largest absolute Gasteiger partial charge is 0.361 e. The summed E-state index contributed by atoms with van der Waals surface area (Å²) in [6, 6.07) is 7.71. The van der Waals surface area contributed by atoms with E-state index in [2.05, 4.69) is 20.8 Å². The Morgan fingerprint density at radius 3 is 2.92 bits per heavy atom. The van der Waals surface area contributed by atoms with Gasteiger partial charge in [0, 0.05) is 24.7 Å². The number of ketones is 1. The second kappa shape index (κ2) is 3.14. The number of fused-ring (bicyclic) bond motifs is 1. The van der Waals surface area contributed by atoms with Crippen molar-refractivity contribution in [3.05, 3.63) is 29.8 Å². The molecule has 1 aliphatic heterocycles. The lowest BCUT2D eigenvalue weighted by atomic mass is 10.0. The van der Waals surface area contributed by atoms with Gasteiger partial charge in [-0.05, 0) is 12.1 Å². The molecular weight excluding hydrogens is 230 g/mol. The SMILES string of the molecule is CN1c2ccccc2C(=O)CC1Br. The summed E-state index contributed by atoms with van der Waals surface area (Å²) in [5, 5.41) is 0. The van der Waals surface area contributed by atoms with Crippen molar-refractivity contribution in [3.8, 4) is 0 Å². The molecule has 1 aromatic rings. The zero-order valence-electron chi connectivity index (χ0n) is 7.33. The maximum Gasteiger partial charge on any atom is 0.167 e. The molecule has 2 nitrogen and oxygen atoms in total. The number of benzene rings is 1. The molecule has 0 saturated heterocycles. The highest BCUT2D eigenvalue weighted by atomic mass is 79.9. The van der Waals surface area contributed by atoms with Crippen LogP contribution < -0.4 is 4.90 Å². The fourth-order valence-electron chi connectivity index (χ4n) is 1.57. The predicted octanol–water partition coefficient (Wildman–Crippen LogP) is 2.43. The normalized spacial score (nSPS) is 21.5. The highest BCUT2D eigenvalue weighted by Gasteiger charge is 2.26. The van der Waals surface area contributed by atoms with Crippen molar-refractivity contribution in [2.24, 2.45) is 0 Å². The van der Waals surface area contributed by atoms with E-state index in [1.54, 1.807) is 0 Å². The number of hydrogen-bond acceptors (Lipinski definition) is 2. The maximum atomic E-state index is 11.6. The van der Waals surface area contributed by atoms with Crippen molar-refractivity contribution in [2.45, 2.75) is 11.4 Å². The fourth-order valence-corrected chi connectivity index (χ4v) is 2.08. The lowest BCUT2D eigenvalue weighted by Gasteiger charge is -2.31. The lowest BCUT2D eigenvalue weighted by molar-refractivity contribution is 0.0978. The maximum absolute atomic E-state index is 11.6. The van der Waals surface area contributed by atoms with Crippen LogP contribution in [0.5, 0.6) is 0 Å². The molecule has 68 valence electrons. The van der Waals surface area contributed by atoms with Crippen molar-refractivity contribution in [3.63, 3.8) is 0 Å². The van der Waals surface area contributed by atoms with Gasteiger partial charge in [-0.15, -0.1) is 0 Å². The van der Waals surface area contributed by atoms with Gasteiger partial charge in [0.05, 0.1) is 4.95 Å². The first-order valence-electron chi connectivity index (χ1n) is 4.19. The van der Waals surface area contributed by atoms with E-state index in [1.165, 1.54) is 0 Å². The number of anilines is 1. The molecule has 0 fully saturated rings. The van der Waals surface area contributed by atoms with Crippen LogP contribution in [0.15, 0.2) is 24.3 Å². The Bertz CT molecular complexity index is 351. The summed E-state index contributed by atoms with van der Waals surface area (Å²) in [4.78, 5) is 13.8. The van der Waals surface area contributed by atoms with Crippen LogP contribution in [-0.2, 0) is 0 Å². The molecule has 1 atom stereocenters. The number of para-hydroxylation sites is 1. The summed E-state index contributed by atoms with van der Waals surface area (Å²) >= 11 is 3.47. The van der Waals surface area contributed by atoms with Crippen LogP contribution >= 0.6 is 15.9 Å². The molecule has 0 bridgehead atoms. The third kappa shape index (κ3) is 1.37. The van der Waals surface area contributed by atoms with Crippen LogP contribution in [0, 0.1) is 0 Å². The van der Waals surface area contributed by atoms with Crippen LogP contribution in [0.3, 0.4) is 0 Å². The zero-order chi connectivity index (χ0) is 9.42. The Morgan fingerprint density at radius 2 is 2.15 bits per heavy atom. The molecule has 0 spiro atoms. The van der Waals surface area contributed by atoms with Gasteiger partial charge in [-0.3, -0.25) is 4.79 Å². The van der Waals surface area contributed by atoms with Gasteiger partial charge in [0.15, 0.2) is 5.78 Å². The van der Waals surface area contributed by atoms with Crippen molar-refractivity contribution in [1.29, 1.82) is 0 Å². The summed E-state index contributed by atoms with van der Waals surface area (Å²) in [7, 11) is 1.99. The molecule has 0 aromatic heterocycles. The lowest BCUT2D eigenvalue weighted by Crippen LogP contribution is -2.34. The molecule has 3 heteroatoms. The minimum Gasteiger partial charge on any atom is -0.361 e. The standard InChI is InChI=1S/C10H10BrNO/c1-12-8-5-3-2-4-7(8)9(13)6-10(12)11/h2-5,10H,6H2,1H3.